The van der Waals surface area contributed by atoms with Crippen molar-refractivity contribution in [1.29, 1.82) is 0 Å². The zero-order valence-corrected chi connectivity index (χ0v) is 21.3. The van der Waals surface area contributed by atoms with E-state index in [1.807, 2.05) is 28.1 Å². The van der Waals surface area contributed by atoms with Crippen LogP contribution in [0.3, 0.4) is 0 Å². The van der Waals surface area contributed by atoms with Gasteiger partial charge in [-0.1, -0.05) is 94.8 Å². The zero-order chi connectivity index (χ0) is 22.0. The van der Waals surface area contributed by atoms with Gasteiger partial charge in [-0.3, -0.25) is 4.48 Å². The van der Waals surface area contributed by atoms with Crippen LogP contribution in [0.15, 0.2) is 12.2 Å². The Hall–Kier alpha value is -0.240. The molecule has 2 unspecified atom stereocenters. The van der Waals surface area contributed by atoms with Crippen LogP contribution in [-0.2, 0) is 4.57 Å². The molecule has 0 aromatic carbocycles. The summed E-state index contributed by atoms with van der Waals surface area (Å²) in [6, 6.07) is 0. The third-order valence-electron chi connectivity index (χ3n) is 6.49. The molecule has 3 nitrogen and oxygen atoms in total. The molecule has 0 radical (unpaired) electrons. The van der Waals surface area contributed by atoms with Crippen LogP contribution in [0.25, 0.3) is 0 Å². The average molecular weight is 429 g/mol. The van der Waals surface area contributed by atoms with Crippen molar-refractivity contribution in [2.75, 3.05) is 21.1 Å². The first-order chi connectivity index (χ1) is 13.8. The Morgan fingerprint density at radius 1 is 0.724 bits per heavy atom. The summed E-state index contributed by atoms with van der Waals surface area (Å²) in [5.41, 5.74) is 0. The van der Waals surface area contributed by atoms with Crippen LogP contribution in [-0.4, -0.2) is 30.9 Å². The largest absolute Gasteiger partial charge is 0.590 e. The monoisotopic (exact) mass is 428 g/mol. The molecular formula is C25H51NO2P+. The Bertz CT molecular complexity index is 431. The lowest BCUT2D eigenvalue weighted by atomic mass is 10.0. The van der Waals surface area contributed by atoms with E-state index in [0.29, 0.717) is 10.9 Å². The van der Waals surface area contributed by atoms with Crippen LogP contribution in [0.1, 0.15) is 123 Å². The van der Waals surface area contributed by atoms with Crippen molar-refractivity contribution < 1.29 is 13.9 Å². The van der Waals surface area contributed by atoms with Gasteiger partial charge in [0.25, 0.3) is 5.28 Å². The number of hydrogen-bond acceptors (Lipinski definition) is 2. The van der Waals surface area contributed by atoms with Crippen LogP contribution < -0.4 is 4.89 Å². The predicted octanol–water partition coefficient (Wildman–Crippen LogP) is 7.72. The van der Waals surface area contributed by atoms with E-state index in [1.54, 1.807) is 0 Å². The second-order valence-electron chi connectivity index (χ2n) is 9.65. The molecule has 0 aromatic rings. The highest BCUT2D eigenvalue weighted by Gasteiger charge is 2.52. The second kappa shape index (κ2) is 17.4. The fourth-order valence-corrected chi connectivity index (χ4v) is 5.37. The van der Waals surface area contributed by atoms with E-state index in [0.717, 1.165) is 19.3 Å². The molecule has 0 fully saturated rings. The Morgan fingerprint density at radius 2 is 1.14 bits per heavy atom. The van der Waals surface area contributed by atoms with Crippen LogP contribution in [0.2, 0.25) is 0 Å². The third kappa shape index (κ3) is 12.9. The second-order valence-corrected chi connectivity index (χ2v) is 11.0. The maximum absolute atomic E-state index is 11.9. The molecule has 0 saturated heterocycles. The minimum absolute atomic E-state index is 0.507. The Balaban J connectivity index is 3.63. The lowest BCUT2D eigenvalue weighted by molar-refractivity contribution is -0.910. The fourth-order valence-electron chi connectivity index (χ4n) is 4.28. The van der Waals surface area contributed by atoms with E-state index in [9.17, 15) is 9.46 Å². The van der Waals surface area contributed by atoms with Gasteiger partial charge in [0.05, 0.1) is 21.1 Å². The summed E-state index contributed by atoms with van der Waals surface area (Å²) in [6.45, 7) is 4.28. The molecule has 0 bridgehead atoms. The number of quaternary nitrogens is 1. The molecule has 0 amide bonds. The van der Waals surface area contributed by atoms with E-state index >= 15 is 0 Å². The van der Waals surface area contributed by atoms with Gasteiger partial charge in [0.15, 0.2) is 0 Å². The first kappa shape index (κ1) is 28.8. The molecule has 0 saturated carbocycles. The van der Waals surface area contributed by atoms with Crippen LogP contribution in [0, 0.1) is 0 Å². The van der Waals surface area contributed by atoms with Crippen molar-refractivity contribution in [3.8, 4) is 0 Å². The summed E-state index contributed by atoms with van der Waals surface area (Å²) in [7, 11) is 3.61. The molecule has 0 aromatic heterocycles. The summed E-state index contributed by atoms with van der Waals surface area (Å²) < 4.78 is 12.4. The molecule has 0 aliphatic rings. The van der Waals surface area contributed by atoms with Crippen LogP contribution in [0.4, 0.5) is 0 Å². The van der Waals surface area contributed by atoms with Crippen molar-refractivity contribution in [1.82, 2.24) is 0 Å². The number of unbranched alkanes of at least 4 members (excludes halogenated alkanes) is 13. The van der Waals surface area contributed by atoms with Crippen molar-refractivity contribution >= 4 is 8.03 Å². The highest BCUT2D eigenvalue weighted by molar-refractivity contribution is 7.38. The average Bonchev–Trinajstić information content (AvgIpc) is 2.66. The van der Waals surface area contributed by atoms with Gasteiger partial charge in [-0.25, -0.2) is 0 Å². The van der Waals surface area contributed by atoms with E-state index in [2.05, 4.69) is 19.1 Å². The fraction of sp³-hybridized carbons (Fsp3) is 0.920. The molecule has 0 spiro atoms. The van der Waals surface area contributed by atoms with Crippen molar-refractivity contribution in [2.45, 2.75) is 128 Å². The van der Waals surface area contributed by atoms with Gasteiger partial charge in [-0.15, -0.1) is 0 Å². The smallest absolute Gasteiger partial charge is 0.376 e. The summed E-state index contributed by atoms with van der Waals surface area (Å²) in [4.78, 5) is 11.9. The lowest BCUT2D eigenvalue weighted by Gasteiger charge is -2.39. The van der Waals surface area contributed by atoms with Crippen LogP contribution in [0.5, 0.6) is 0 Å². The molecular weight excluding hydrogens is 377 g/mol. The molecule has 0 aliphatic carbocycles. The molecule has 0 N–H and O–H groups in total. The Labute approximate surface area is 183 Å². The summed E-state index contributed by atoms with van der Waals surface area (Å²) in [6.07, 6.45) is 25.7. The zero-order valence-electron chi connectivity index (χ0n) is 20.4. The van der Waals surface area contributed by atoms with Crippen molar-refractivity contribution in [3.05, 3.63) is 12.2 Å². The first-order valence-corrected chi connectivity index (χ1v) is 13.6. The molecule has 4 heteroatoms. The molecule has 2 atom stereocenters. The summed E-state index contributed by atoms with van der Waals surface area (Å²) >= 11 is 0. The van der Waals surface area contributed by atoms with Gasteiger partial charge in [-0.05, 0) is 32.1 Å². The molecule has 29 heavy (non-hydrogen) atoms. The standard InChI is InChI=1S/C25H51NO2P/c1-6-8-9-10-11-12-13-14-15-16-17-18-19-20-21-22-23-24-25(7-2,29(27)28)26(3,4)5/h15-16H,6-14,17-24H2,1-5H3/q+1/b16-15-. The van der Waals surface area contributed by atoms with E-state index in [4.69, 9.17) is 0 Å². The van der Waals surface area contributed by atoms with E-state index in [-0.39, 0.29) is 0 Å². The van der Waals surface area contributed by atoms with Gasteiger partial charge in [0.2, 0.25) is 0 Å². The number of nitrogens with zero attached hydrogens (tertiary/aromatic N) is 1. The Kier molecular flexibility index (Phi) is 17.3. The molecule has 172 valence electrons. The van der Waals surface area contributed by atoms with Gasteiger partial charge in [0, 0.05) is 12.8 Å². The molecule has 0 heterocycles. The van der Waals surface area contributed by atoms with Gasteiger partial charge >= 0.3 is 8.03 Å². The minimum Gasteiger partial charge on any atom is -0.590 e. The first-order valence-electron chi connectivity index (χ1n) is 12.4. The number of rotatable bonds is 20. The highest BCUT2D eigenvalue weighted by Crippen LogP contribution is 2.44. The van der Waals surface area contributed by atoms with E-state index < -0.39 is 13.3 Å². The third-order valence-corrected chi connectivity index (χ3v) is 8.31. The number of allylic oxidation sites excluding steroid dienone is 2. The normalized spacial score (nSPS) is 15.0. The summed E-state index contributed by atoms with van der Waals surface area (Å²) in [5, 5.41) is -0.602. The number of hydrogen-bond donors (Lipinski definition) is 0. The van der Waals surface area contributed by atoms with Gasteiger partial charge in [0.1, 0.15) is 0 Å². The maximum atomic E-state index is 11.9. The van der Waals surface area contributed by atoms with Gasteiger partial charge < -0.3 is 4.89 Å². The maximum Gasteiger partial charge on any atom is 0.376 e. The predicted molar refractivity (Wildman–Crippen MR) is 127 cm³/mol. The summed E-state index contributed by atoms with van der Waals surface area (Å²) in [5.74, 6) is 0. The highest BCUT2D eigenvalue weighted by atomic mass is 31.1. The minimum atomic E-state index is -2.42. The topological polar surface area (TPSA) is 40.1 Å². The van der Waals surface area contributed by atoms with Crippen LogP contribution >= 0.6 is 8.03 Å². The molecule has 0 rings (SSSR count). The lowest BCUT2D eigenvalue weighted by Crippen LogP contribution is -2.55. The Morgan fingerprint density at radius 3 is 1.52 bits per heavy atom. The van der Waals surface area contributed by atoms with Gasteiger partial charge in [-0.2, -0.15) is 0 Å². The van der Waals surface area contributed by atoms with Crippen molar-refractivity contribution in [2.24, 2.45) is 0 Å². The molecule has 0 aliphatic heterocycles. The van der Waals surface area contributed by atoms with E-state index in [1.165, 1.54) is 83.5 Å². The quantitative estimate of drug-likeness (QED) is 0.0861. The SMILES string of the molecule is CCCCCCCCC/C=C\CCCCCCCCC(CC)([P+](=O)[O-])[N+](C)(C)C. The van der Waals surface area contributed by atoms with Crippen molar-refractivity contribution in [3.63, 3.8) is 0 Å².